The molecular weight excluding hydrogens is 495 g/mol. The van der Waals surface area contributed by atoms with Gasteiger partial charge in [0.15, 0.2) is 11.5 Å². The van der Waals surface area contributed by atoms with Gasteiger partial charge < -0.3 is 24.3 Å². The van der Waals surface area contributed by atoms with Crippen LogP contribution in [0.25, 0.3) is 11.2 Å². The molecule has 3 atom stereocenters. The van der Waals surface area contributed by atoms with Crippen LogP contribution in [0.4, 0.5) is 5.82 Å². The van der Waals surface area contributed by atoms with Crippen LogP contribution in [0.15, 0.2) is 73.3 Å². The van der Waals surface area contributed by atoms with Gasteiger partial charge in [0.1, 0.15) is 36.6 Å². The van der Waals surface area contributed by atoms with E-state index in [0.29, 0.717) is 23.5 Å². The monoisotopic (exact) mass is 524 g/mol. The first-order valence-electron chi connectivity index (χ1n) is 11.7. The molecule has 0 aliphatic carbocycles. The van der Waals surface area contributed by atoms with Crippen molar-refractivity contribution in [2.45, 2.75) is 39.1 Å². The Kier molecular flexibility index (Phi) is 8.50. The average Bonchev–Trinajstić information content (AvgIpc) is 3.31. The van der Waals surface area contributed by atoms with Gasteiger partial charge in [-0.15, -0.1) is 0 Å². The fraction of sp³-hybridized carbons (Fsp3) is 0.280. The number of nitrogens with one attached hydrogen (secondary N) is 1. The molecule has 0 amide bonds. The molecule has 2 aromatic heterocycles. The number of aromatic nitrogens is 4. The van der Waals surface area contributed by atoms with Crippen molar-refractivity contribution >= 4 is 30.5 Å². The molecule has 12 heteroatoms. The van der Waals surface area contributed by atoms with Crippen molar-refractivity contribution in [2.75, 3.05) is 12.1 Å². The predicted molar refractivity (Wildman–Crippen MR) is 139 cm³/mol. The molecule has 4 aromatic rings. The molecule has 0 aliphatic rings. The fourth-order valence-corrected chi connectivity index (χ4v) is 5.32. The van der Waals surface area contributed by atoms with E-state index in [1.807, 2.05) is 43.3 Å². The molecule has 37 heavy (non-hydrogen) atoms. The first kappa shape index (κ1) is 26.3. The minimum absolute atomic E-state index is 0.107. The number of benzene rings is 2. The van der Waals surface area contributed by atoms with Crippen molar-refractivity contribution in [1.29, 1.82) is 0 Å². The Labute approximate surface area is 214 Å². The first-order valence-corrected chi connectivity index (χ1v) is 13.5. The predicted octanol–water partition coefficient (Wildman–Crippen LogP) is 3.76. The molecular formula is C25H29N6O5P. The zero-order chi connectivity index (χ0) is 26.3. The standard InChI is InChI=1S/C25H29N6O5P/c1-18(13-31-16-29-22-23(26)27-15-28-24(22)31)35-17-37(33,36-21-11-7-4-8-12-21)30-19(2)25(32)34-14-20-9-5-3-6-10-20/h3-12,15-16,18-19H,13-14,17H2,1-2H3,(H,30,33)(H2,26,27,28)/t18-,19+,37+/m1/s1. The van der Waals surface area contributed by atoms with Crippen LogP contribution in [0.3, 0.4) is 0 Å². The molecule has 11 nitrogen and oxygen atoms in total. The number of hydrogen-bond donors (Lipinski definition) is 2. The fourth-order valence-electron chi connectivity index (χ4n) is 3.53. The highest BCUT2D eigenvalue weighted by Gasteiger charge is 2.31. The number of ether oxygens (including phenoxy) is 2. The van der Waals surface area contributed by atoms with Crippen LogP contribution < -0.4 is 15.3 Å². The van der Waals surface area contributed by atoms with Gasteiger partial charge in [-0.25, -0.2) is 20.0 Å². The van der Waals surface area contributed by atoms with Gasteiger partial charge >= 0.3 is 13.5 Å². The zero-order valence-electron chi connectivity index (χ0n) is 20.6. The summed E-state index contributed by atoms with van der Waals surface area (Å²) in [5, 5.41) is 2.81. The highest BCUT2D eigenvalue weighted by atomic mass is 31.2. The number of fused-ring (bicyclic) bond motifs is 1. The molecule has 0 spiro atoms. The lowest BCUT2D eigenvalue weighted by Gasteiger charge is -2.25. The third-order valence-electron chi connectivity index (χ3n) is 5.38. The number of para-hydroxylation sites is 1. The minimum Gasteiger partial charge on any atom is -0.460 e. The topological polar surface area (TPSA) is 143 Å². The van der Waals surface area contributed by atoms with Crippen molar-refractivity contribution in [3.8, 4) is 5.75 Å². The summed E-state index contributed by atoms with van der Waals surface area (Å²) in [7, 11) is -3.69. The molecule has 4 rings (SSSR count). The van der Waals surface area contributed by atoms with Gasteiger partial charge in [-0.3, -0.25) is 9.36 Å². The summed E-state index contributed by atoms with van der Waals surface area (Å²) >= 11 is 0. The number of nitrogen functional groups attached to an aromatic ring is 1. The Morgan fingerprint density at radius 3 is 2.49 bits per heavy atom. The van der Waals surface area contributed by atoms with Crippen molar-refractivity contribution in [3.05, 3.63) is 78.9 Å². The first-order chi connectivity index (χ1) is 17.8. The Morgan fingerprint density at radius 2 is 1.76 bits per heavy atom. The second-order valence-electron chi connectivity index (χ2n) is 8.46. The summed E-state index contributed by atoms with van der Waals surface area (Å²) in [4.78, 5) is 25.0. The number of nitrogens with zero attached hydrogens (tertiary/aromatic N) is 4. The second kappa shape index (κ2) is 12.0. The number of imidazole rings is 1. The van der Waals surface area contributed by atoms with E-state index in [1.54, 1.807) is 42.1 Å². The molecule has 2 heterocycles. The van der Waals surface area contributed by atoms with Gasteiger partial charge in [-0.1, -0.05) is 48.5 Å². The number of anilines is 1. The largest absolute Gasteiger partial charge is 0.460 e. The molecule has 0 bridgehead atoms. The molecule has 2 aromatic carbocycles. The molecule has 0 saturated carbocycles. The third-order valence-corrected chi connectivity index (χ3v) is 7.15. The Morgan fingerprint density at radius 1 is 1.05 bits per heavy atom. The maximum absolute atomic E-state index is 13.8. The van der Waals surface area contributed by atoms with E-state index in [-0.39, 0.29) is 18.8 Å². The van der Waals surface area contributed by atoms with Crippen molar-refractivity contribution < 1.29 is 23.4 Å². The molecule has 0 unspecified atom stereocenters. The number of esters is 1. The number of carbonyl (C=O) groups excluding carboxylic acids is 1. The van der Waals surface area contributed by atoms with E-state index < -0.39 is 25.6 Å². The van der Waals surface area contributed by atoms with Crippen LogP contribution in [-0.2, 0) is 32.0 Å². The van der Waals surface area contributed by atoms with E-state index in [1.165, 1.54) is 6.33 Å². The van der Waals surface area contributed by atoms with Crippen LogP contribution in [-0.4, -0.2) is 44.0 Å². The van der Waals surface area contributed by atoms with Crippen LogP contribution in [0.5, 0.6) is 5.75 Å². The minimum atomic E-state index is -3.69. The number of hydrogen-bond acceptors (Lipinski definition) is 9. The van der Waals surface area contributed by atoms with E-state index in [2.05, 4.69) is 20.0 Å². The summed E-state index contributed by atoms with van der Waals surface area (Å²) in [5.74, 6) is 0.110. The maximum Gasteiger partial charge on any atom is 0.342 e. The second-order valence-corrected chi connectivity index (χ2v) is 10.5. The molecule has 0 aliphatic heterocycles. The lowest BCUT2D eigenvalue weighted by atomic mass is 10.2. The summed E-state index contributed by atoms with van der Waals surface area (Å²) in [6.07, 6.45) is 2.27. The van der Waals surface area contributed by atoms with E-state index in [0.717, 1.165) is 5.56 Å². The lowest BCUT2D eigenvalue weighted by Crippen LogP contribution is -2.36. The van der Waals surface area contributed by atoms with Crippen LogP contribution >= 0.6 is 7.52 Å². The van der Waals surface area contributed by atoms with Crippen LogP contribution in [0.1, 0.15) is 19.4 Å². The highest BCUT2D eigenvalue weighted by molar-refractivity contribution is 7.57. The summed E-state index contributed by atoms with van der Waals surface area (Å²) in [5.41, 5.74) is 7.77. The zero-order valence-corrected chi connectivity index (χ0v) is 21.5. The highest BCUT2D eigenvalue weighted by Crippen LogP contribution is 2.44. The van der Waals surface area contributed by atoms with Gasteiger partial charge in [-0.05, 0) is 31.5 Å². The summed E-state index contributed by atoms with van der Waals surface area (Å²) in [6, 6.07) is 17.1. The molecule has 194 valence electrons. The van der Waals surface area contributed by atoms with E-state index >= 15 is 0 Å². The Bertz CT molecular complexity index is 1370. The van der Waals surface area contributed by atoms with E-state index in [4.69, 9.17) is 19.7 Å². The number of carbonyl (C=O) groups is 1. The van der Waals surface area contributed by atoms with Crippen molar-refractivity contribution in [2.24, 2.45) is 0 Å². The van der Waals surface area contributed by atoms with Gasteiger partial charge in [0.05, 0.1) is 19.0 Å². The van der Waals surface area contributed by atoms with Crippen molar-refractivity contribution in [1.82, 2.24) is 24.6 Å². The van der Waals surface area contributed by atoms with Gasteiger partial charge in [0.2, 0.25) is 0 Å². The summed E-state index contributed by atoms with van der Waals surface area (Å²) < 4.78 is 32.7. The van der Waals surface area contributed by atoms with Gasteiger partial charge in [0, 0.05) is 0 Å². The quantitative estimate of drug-likeness (QED) is 0.208. The number of nitrogens with two attached hydrogens (primary N) is 1. The van der Waals surface area contributed by atoms with E-state index in [9.17, 15) is 9.36 Å². The molecule has 0 fully saturated rings. The van der Waals surface area contributed by atoms with Crippen LogP contribution in [0, 0.1) is 0 Å². The van der Waals surface area contributed by atoms with Crippen molar-refractivity contribution in [3.63, 3.8) is 0 Å². The normalized spacial score (nSPS) is 14.5. The lowest BCUT2D eigenvalue weighted by molar-refractivity contribution is -0.146. The van der Waals surface area contributed by atoms with Gasteiger partial charge in [0.25, 0.3) is 0 Å². The Hall–Kier alpha value is -3.79. The Balaban J connectivity index is 1.41. The van der Waals surface area contributed by atoms with Gasteiger partial charge in [-0.2, -0.15) is 0 Å². The smallest absolute Gasteiger partial charge is 0.342 e. The molecule has 3 N–H and O–H groups in total. The maximum atomic E-state index is 13.8. The molecule has 0 radical (unpaired) electrons. The SMILES string of the molecule is C[C@H](Cn1cnc2c(N)ncnc21)OC[P@@](=O)(N[C@@H](C)C(=O)OCc1ccccc1)Oc1ccccc1. The third kappa shape index (κ3) is 7.13. The van der Waals surface area contributed by atoms with Crippen LogP contribution in [0.2, 0.25) is 0 Å². The number of rotatable bonds is 12. The summed E-state index contributed by atoms with van der Waals surface area (Å²) in [6.45, 7) is 3.86. The molecule has 0 saturated heterocycles. The average molecular weight is 525 g/mol.